The second-order valence-electron chi connectivity index (χ2n) is 5.02. The van der Waals surface area contributed by atoms with Gasteiger partial charge >= 0.3 is 0 Å². The van der Waals surface area contributed by atoms with Crippen LogP contribution in [0.3, 0.4) is 0 Å². The molecular formula is C18H13BrO2. The van der Waals surface area contributed by atoms with Gasteiger partial charge in [0.25, 0.3) is 0 Å². The van der Waals surface area contributed by atoms with E-state index < -0.39 is 0 Å². The van der Waals surface area contributed by atoms with Crippen LogP contribution in [-0.2, 0) is 22.4 Å². The van der Waals surface area contributed by atoms with Crippen molar-refractivity contribution in [3.8, 4) is 0 Å². The van der Waals surface area contributed by atoms with E-state index in [4.69, 9.17) is 0 Å². The molecule has 0 aromatic heterocycles. The molecule has 104 valence electrons. The van der Waals surface area contributed by atoms with Crippen molar-refractivity contribution < 1.29 is 9.59 Å². The lowest BCUT2D eigenvalue weighted by molar-refractivity contribution is -0.113. The fourth-order valence-electron chi connectivity index (χ4n) is 2.65. The highest BCUT2D eigenvalue weighted by atomic mass is 79.9. The first-order chi connectivity index (χ1) is 10.1. The van der Waals surface area contributed by atoms with Gasteiger partial charge in [-0.25, -0.2) is 0 Å². The van der Waals surface area contributed by atoms with Gasteiger partial charge in [-0.3, -0.25) is 9.59 Å². The third kappa shape index (κ3) is 2.88. The van der Waals surface area contributed by atoms with E-state index in [1.807, 2.05) is 0 Å². The molecule has 4 rings (SSSR count). The van der Waals surface area contributed by atoms with Gasteiger partial charge in [0.05, 0.1) is 0 Å². The molecule has 21 heavy (non-hydrogen) atoms. The Hall–Kier alpha value is -2.00. The molecule has 0 fully saturated rings. The minimum absolute atomic E-state index is 0.121. The standard InChI is InChI=1S/C12H9Br.C6H4O2/c13-11-7-6-9-5-4-8-2-1-3-10(11)12(8)9;7-5-1-2-6(8)4-3-5/h1-3,6-7H,4-5H2;1-4H. The summed E-state index contributed by atoms with van der Waals surface area (Å²) >= 11 is 3.59. The molecule has 0 amide bonds. The van der Waals surface area contributed by atoms with E-state index in [2.05, 4.69) is 46.3 Å². The van der Waals surface area contributed by atoms with E-state index in [9.17, 15) is 9.59 Å². The van der Waals surface area contributed by atoms with Gasteiger partial charge in [0.1, 0.15) is 0 Å². The molecule has 0 saturated carbocycles. The summed E-state index contributed by atoms with van der Waals surface area (Å²) in [7, 11) is 0. The average Bonchev–Trinajstić information content (AvgIpc) is 2.92. The predicted molar refractivity (Wildman–Crippen MR) is 87.4 cm³/mol. The molecule has 0 aliphatic heterocycles. The molecular weight excluding hydrogens is 328 g/mol. The summed E-state index contributed by atoms with van der Waals surface area (Å²) in [5.41, 5.74) is 3.02. The molecule has 2 aromatic rings. The summed E-state index contributed by atoms with van der Waals surface area (Å²) in [6.45, 7) is 0. The molecule has 0 unspecified atom stereocenters. The number of aryl methyl sites for hydroxylation is 2. The lowest BCUT2D eigenvalue weighted by atomic mass is 10.1. The SMILES string of the molecule is Brc1ccc2c3c(cccc13)CC2.O=C1C=CC(=O)C=C1. The van der Waals surface area contributed by atoms with Crippen LogP contribution in [0.1, 0.15) is 11.1 Å². The second-order valence-corrected chi connectivity index (χ2v) is 5.87. The summed E-state index contributed by atoms with van der Waals surface area (Å²) in [5, 5.41) is 2.85. The molecule has 2 aliphatic rings. The number of halogens is 1. The molecule has 0 bridgehead atoms. The van der Waals surface area contributed by atoms with Gasteiger partial charge in [-0.15, -0.1) is 0 Å². The van der Waals surface area contributed by atoms with Crippen molar-refractivity contribution in [3.63, 3.8) is 0 Å². The van der Waals surface area contributed by atoms with Crippen LogP contribution in [-0.4, -0.2) is 11.6 Å². The molecule has 0 atom stereocenters. The third-order valence-corrected chi connectivity index (χ3v) is 4.34. The summed E-state index contributed by atoms with van der Waals surface area (Å²) in [6, 6.07) is 11.0. The smallest absolute Gasteiger partial charge is 0.178 e. The number of hydrogen-bond donors (Lipinski definition) is 0. The Balaban J connectivity index is 0.000000143. The lowest BCUT2D eigenvalue weighted by Crippen LogP contribution is -1.97. The van der Waals surface area contributed by atoms with Crippen molar-refractivity contribution in [1.82, 2.24) is 0 Å². The van der Waals surface area contributed by atoms with Gasteiger partial charge < -0.3 is 0 Å². The molecule has 0 heterocycles. The van der Waals surface area contributed by atoms with Crippen LogP contribution >= 0.6 is 15.9 Å². The van der Waals surface area contributed by atoms with E-state index in [0.717, 1.165) is 0 Å². The minimum Gasteiger partial charge on any atom is -0.290 e. The van der Waals surface area contributed by atoms with Crippen molar-refractivity contribution in [1.29, 1.82) is 0 Å². The highest BCUT2D eigenvalue weighted by molar-refractivity contribution is 9.10. The molecule has 0 N–H and O–H groups in total. The van der Waals surface area contributed by atoms with Crippen molar-refractivity contribution in [2.75, 3.05) is 0 Å². The number of rotatable bonds is 0. The van der Waals surface area contributed by atoms with Crippen LogP contribution in [0.2, 0.25) is 0 Å². The highest BCUT2D eigenvalue weighted by Crippen LogP contribution is 2.34. The van der Waals surface area contributed by atoms with Gasteiger partial charge in [0.15, 0.2) is 11.6 Å². The van der Waals surface area contributed by atoms with Gasteiger partial charge in [-0.2, -0.15) is 0 Å². The van der Waals surface area contributed by atoms with Crippen LogP contribution in [0.25, 0.3) is 10.8 Å². The summed E-state index contributed by atoms with van der Waals surface area (Å²) < 4.78 is 1.22. The molecule has 2 nitrogen and oxygen atoms in total. The third-order valence-electron chi connectivity index (χ3n) is 3.65. The summed E-state index contributed by atoms with van der Waals surface area (Å²) in [5.74, 6) is -0.241. The summed E-state index contributed by atoms with van der Waals surface area (Å²) in [4.78, 5) is 20.6. The zero-order chi connectivity index (χ0) is 14.8. The van der Waals surface area contributed by atoms with E-state index in [1.54, 1.807) is 0 Å². The molecule has 0 spiro atoms. The topological polar surface area (TPSA) is 34.1 Å². The summed E-state index contributed by atoms with van der Waals surface area (Å²) in [6.07, 6.45) is 7.43. The minimum atomic E-state index is -0.121. The van der Waals surface area contributed by atoms with Crippen molar-refractivity contribution in [2.24, 2.45) is 0 Å². The van der Waals surface area contributed by atoms with Crippen LogP contribution in [0.5, 0.6) is 0 Å². The van der Waals surface area contributed by atoms with Crippen LogP contribution < -0.4 is 0 Å². The first-order valence-corrected chi connectivity index (χ1v) is 7.57. The Labute approximate surface area is 131 Å². The Bertz CT molecular complexity index is 752. The van der Waals surface area contributed by atoms with Gasteiger partial charge in [-0.05, 0) is 65.1 Å². The number of allylic oxidation sites excluding steroid dienone is 4. The first kappa shape index (κ1) is 14.0. The quantitative estimate of drug-likeness (QED) is 0.680. The van der Waals surface area contributed by atoms with Crippen LogP contribution in [0, 0.1) is 0 Å². The fraction of sp³-hybridized carbons (Fsp3) is 0.111. The number of ketones is 2. The van der Waals surface area contributed by atoms with E-state index in [-0.39, 0.29) is 11.6 Å². The largest absolute Gasteiger partial charge is 0.290 e. The molecule has 0 saturated heterocycles. The number of carbonyl (C=O) groups is 2. The normalized spacial score (nSPS) is 15.3. The second kappa shape index (κ2) is 5.78. The Morgan fingerprint density at radius 1 is 0.762 bits per heavy atom. The Morgan fingerprint density at radius 2 is 1.33 bits per heavy atom. The number of hydrogen-bond acceptors (Lipinski definition) is 2. The van der Waals surface area contributed by atoms with Gasteiger partial charge in [0.2, 0.25) is 0 Å². The Morgan fingerprint density at radius 3 is 1.95 bits per heavy atom. The maximum absolute atomic E-state index is 10.3. The molecule has 2 aromatic carbocycles. The van der Waals surface area contributed by atoms with E-state index >= 15 is 0 Å². The van der Waals surface area contributed by atoms with Crippen molar-refractivity contribution in [3.05, 3.63) is 70.2 Å². The fourth-order valence-corrected chi connectivity index (χ4v) is 3.11. The predicted octanol–water partition coefficient (Wildman–Crippen LogP) is 3.95. The van der Waals surface area contributed by atoms with E-state index in [1.165, 1.54) is 63.5 Å². The van der Waals surface area contributed by atoms with Gasteiger partial charge in [-0.1, -0.05) is 40.2 Å². The monoisotopic (exact) mass is 340 g/mol. The average molecular weight is 341 g/mol. The molecule has 3 heteroatoms. The first-order valence-electron chi connectivity index (χ1n) is 6.78. The zero-order valence-corrected chi connectivity index (χ0v) is 12.9. The maximum atomic E-state index is 10.3. The zero-order valence-electron chi connectivity index (χ0n) is 11.3. The highest BCUT2D eigenvalue weighted by Gasteiger charge is 2.14. The molecule has 0 radical (unpaired) electrons. The van der Waals surface area contributed by atoms with Crippen molar-refractivity contribution in [2.45, 2.75) is 12.8 Å². The molecule has 2 aliphatic carbocycles. The number of carbonyl (C=O) groups excluding carboxylic acids is 2. The Kier molecular flexibility index (Phi) is 3.84. The van der Waals surface area contributed by atoms with Crippen molar-refractivity contribution >= 4 is 38.3 Å². The van der Waals surface area contributed by atoms with Crippen LogP contribution in [0.15, 0.2) is 59.1 Å². The van der Waals surface area contributed by atoms with Crippen LogP contribution in [0.4, 0.5) is 0 Å². The number of benzene rings is 2. The lowest BCUT2D eigenvalue weighted by Gasteiger charge is -2.02. The van der Waals surface area contributed by atoms with E-state index in [0.29, 0.717) is 0 Å². The maximum Gasteiger partial charge on any atom is 0.178 e. The van der Waals surface area contributed by atoms with Gasteiger partial charge in [0, 0.05) is 4.47 Å².